The highest BCUT2D eigenvalue weighted by molar-refractivity contribution is 6.19. The van der Waals surface area contributed by atoms with Crippen LogP contribution in [0.5, 0.6) is 0 Å². The van der Waals surface area contributed by atoms with Crippen LogP contribution in [0, 0.1) is 5.92 Å². The van der Waals surface area contributed by atoms with Crippen LogP contribution >= 0.6 is 0 Å². The van der Waals surface area contributed by atoms with Gasteiger partial charge in [-0.05, 0) is 31.0 Å². The van der Waals surface area contributed by atoms with E-state index in [0.717, 1.165) is 29.1 Å². The molecule has 2 aromatic rings. The second kappa shape index (κ2) is 6.14. The van der Waals surface area contributed by atoms with Gasteiger partial charge in [-0.15, -0.1) is 0 Å². The second-order valence-electron chi connectivity index (χ2n) is 5.40. The molecule has 1 aliphatic heterocycles. The van der Waals surface area contributed by atoms with E-state index in [0.29, 0.717) is 6.54 Å². The third-order valence-electron chi connectivity index (χ3n) is 4.10. The van der Waals surface area contributed by atoms with Crippen molar-refractivity contribution in [3.05, 3.63) is 60.2 Å². The summed E-state index contributed by atoms with van der Waals surface area (Å²) in [5.74, 6) is -0.0627. The summed E-state index contributed by atoms with van der Waals surface area (Å²) in [7, 11) is 0. The number of carbonyl (C=O) groups is 1. The Kier molecular flexibility index (Phi) is 4.05. The normalized spacial score (nSPS) is 17.7. The van der Waals surface area contributed by atoms with Gasteiger partial charge in [-0.25, -0.2) is 4.99 Å². The lowest BCUT2D eigenvalue weighted by Gasteiger charge is -2.24. The number of hydrogen-bond acceptors (Lipinski definition) is 2. The molecule has 3 heteroatoms. The van der Waals surface area contributed by atoms with Gasteiger partial charge in [0.1, 0.15) is 0 Å². The fourth-order valence-corrected chi connectivity index (χ4v) is 2.99. The lowest BCUT2D eigenvalue weighted by atomic mass is 9.93. The van der Waals surface area contributed by atoms with Crippen LogP contribution in [0.1, 0.15) is 25.8 Å². The van der Waals surface area contributed by atoms with Crippen LogP contribution in [0.3, 0.4) is 0 Å². The van der Waals surface area contributed by atoms with Gasteiger partial charge >= 0.3 is 0 Å². The quantitative estimate of drug-likeness (QED) is 0.834. The largest absolute Gasteiger partial charge is 0.310 e. The highest BCUT2D eigenvalue weighted by Crippen LogP contribution is 2.35. The summed E-state index contributed by atoms with van der Waals surface area (Å²) in [5.41, 5.74) is 3.67. The molecule has 22 heavy (non-hydrogen) atoms. The van der Waals surface area contributed by atoms with Gasteiger partial charge in [-0.3, -0.25) is 4.79 Å². The number of rotatable bonds is 3. The molecule has 112 valence electrons. The Labute approximate surface area is 131 Å². The first-order valence-electron chi connectivity index (χ1n) is 7.80. The number of para-hydroxylation sites is 2. The Morgan fingerprint density at radius 1 is 1.00 bits per heavy atom. The molecule has 0 fully saturated rings. The summed E-state index contributed by atoms with van der Waals surface area (Å²) in [6.07, 6.45) is 0.747. The van der Waals surface area contributed by atoms with Crippen molar-refractivity contribution in [2.45, 2.75) is 20.3 Å². The zero-order valence-corrected chi connectivity index (χ0v) is 13.0. The predicted octanol–water partition coefficient (Wildman–Crippen LogP) is 4.20. The smallest absolute Gasteiger partial charge is 0.236 e. The van der Waals surface area contributed by atoms with Gasteiger partial charge in [-0.1, -0.05) is 49.4 Å². The Hall–Kier alpha value is -2.42. The molecule has 1 amide bonds. The second-order valence-corrected chi connectivity index (χ2v) is 5.40. The van der Waals surface area contributed by atoms with Crippen molar-refractivity contribution in [1.82, 2.24) is 0 Å². The molecular weight excluding hydrogens is 272 g/mol. The minimum absolute atomic E-state index is 0.137. The molecule has 1 heterocycles. The average Bonchev–Trinajstić information content (AvgIpc) is 2.69. The van der Waals surface area contributed by atoms with Gasteiger partial charge in [0.25, 0.3) is 0 Å². The highest BCUT2D eigenvalue weighted by atomic mass is 16.2. The van der Waals surface area contributed by atoms with Gasteiger partial charge < -0.3 is 4.90 Å². The monoisotopic (exact) mass is 292 g/mol. The number of aliphatic imine (C=N–C) groups is 1. The number of anilines is 1. The zero-order chi connectivity index (χ0) is 15.5. The standard InChI is InChI=1S/C19H20N2O/c1-3-15-18(14-10-6-5-7-11-14)20-16-12-8-9-13-17(16)21(4-2)19(15)22/h5-13,15H,3-4H2,1-2H3. The molecule has 0 spiro atoms. The van der Waals surface area contributed by atoms with E-state index in [1.54, 1.807) is 0 Å². The molecule has 0 N–H and O–H groups in total. The molecule has 2 aromatic carbocycles. The van der Waals surface area contributed by atoms with Gasteiger partial charge in [0.2, 0.25) is 5.91 Å². The topological polar surface area (TPSA) is 32.7 Å². The Morgan fingerprint density at radius 3 is 2.36 bits per heavy atom. The van der Waals surface area contributed by atoms with Gasteiger partial charge in [-0.2, -0.15) is 0 Å². The third-order valence-corrected chi connectivity index (χ3v) is 4.10. The Morgan fingerprint density at radius 2 is 1.68 bits per heavy atom. The highest BCUT2D eigenvalue weighted by Gasteiger charge is 2.32. The Bertz CT molecular complexity index is 706. The van der Waals surface area contributed by atoms with Crippen molar-refractivity contribution in [3.63, 3.8) is 0 Å². The third kappa shape index (κ3) is 2.43. The maximum atomic E-state index is 13.0. The van der Waals surface area contributed by atoms with E-state index in [9.17, 15) is 4.79 Å². The molecule has 3 rings (SSSR count). The molecule has 1 aliphatic rings. The molecule has 1 atom stereocenters. The average molecular weight is 292 g/mol. The fraction of sp³-hybridized carbons (Fsp3) is 0.263. The molecular formula is C19H20N2O. The minimum atomic E-state index is -0.199. The van der Waals surface area contributed by atoms with Gasteiger partial charge in [0.15, 0.2) is 0 Å². The van der Waals surface area contributed by atoms with Crippen LogP contribution in [-0.2, 0) is 4.79 Å². The number of hydrogen-bond donors (Lipinski definition) is 0. The van der Waals surface area contributed by atoms with Crippen molar-refractivity contribution in [1.29, 1.82) is 0 Å². The summed E-state index contributed by atoms with van der Waals surface area (Å²) in [4.78, 5) is 19.7. The van der Waals surface area contributed by atoms with Gasteiger partial charge in [0.05, 0.1) is 23.0 Å². The summed E-state index contributed by atoms with van der Waals surface area (Å²) >= 11 is 0. The van der Waals surface area contributed by atoms with Crippen LogP contribution in [0.4, 0.5) is 11.4 Å². The predicted molar refractivity (Wildman–Crippen MR) is 90.9 cm³/mol. The first-order valence-corrected chi connectivity index (χ1v) is 7.80. The molecule has 3 nitrogen and oxygen atoms in total. The summed E-state index contributed by atoms with van der Waals surface area (Å²) < 4.78 is 0. The lowest BCUT2D eigenvalue weighted by molar-refractivity contribution is -0.120. The maximum Gasteiger partial charge on any atom is 0.236 e. The molecule has 0 radical (unpaired) electrons. The Balaban J connectivity index is 2.21. The minimum Gasteiger partial charge on any atom is -0.310 e. The summed E-state index contributed by atoms with van der Waals surface area (Å²) in [6, 6.07) is 17.9. The van der Waals surface area contributed by atoms with Crippen LogP contribution in [0.25, 0.3) is 0 Å². The van der Waals surface area contributed by atoms with Crippen LogP contribution < -0.4 is 4.90 Å². The maximum absolute atomic E-state index is 13.0. The molecule has 0 saturated heterocycles. The van der Waals surface area contributed by atoms with E-state index in [-0.39, 0.29) is 11.8 Å². The fourth-order valence-electron chi connectivity index (χ4n) is 2.99. The summed E-state index contributed by atoms with van der Waals surface area (Å²) in [6.45, 7) is 4.71. The molecule has 0 saturated carbocycles. The van der Waals surface area contributed by atoms with Crippen LogP contribution in [0.2, 0.25) is 0 Å². The van der Waals surface area contributed by atoms with E-state index in [2.05, 4.69) is 0 Å². The van der Waals surface area contributed by atoms with Crippen LogP contribution in [-0.4, -0.2) is 18.2 Å². The summed E-state index contributed by atoms with van der Waals surface area (Å²) in [5, 5.41) is 0. The van der Waals surface area contributed by atoms with Crippen molar-refractivity contribution >= 4 is 23.0 Å². The van der Waals surface area contributed by atoms with E-state index in [1.165, 1.54) is 0 Å². The van der Waals surface area contributed by atoms with Crippen LogP contribution in [0.15, 0.2) is 59.6 Å². The van der Waals surface area contributed by atoms with Crippen molar-refractivity contribution < 1.29 is 4.79 Å². The first-order chi connectivity index (χ1) is 10.8. The zero-order valence-electron chi connectivity index (χ0n) is 13.0. The number of nitrogens with zero attached hydrogens (tertiary/aromatic N) is 2. The van der Waals surface area contributed by atoms with Crippen molar-refractivity contribution in [2.24, 2.45) is 10.9 Å². The number of fused-ring (bicyclic) bond motifs is 1. The number of amides is 1. The number of benzene rings is 2. The molecule has 0 aromatic heterocycles. The molecule has 1 unspecified atom stereocenters. The van der Waals surface area contributed by atoms with E-state index >= 15 is 0 Å². The van der Waals surface area contributed by atoms with Gasteiger partial charge in [0, 0.05) is 6.54 Å². The van der Waals surface area contributed by atoms with E-state index in [1.807, 2.05) is 73.3 Å². The van der Waals surface area contributed by atoms with E-state index < -0.39 is 0 Å². The lowest BCUT2D eigenvalue weighted by Crippen LogP contribution is -2.38. The van der Waals surface area contributed by atoms with E-state index in [4.69, 9.17) is 4.99 Å². The number of carbonyl (C=O) groups excluding carboxylic acids is 1. The molecule has 0 bridgehead atoms. The first kappa shape index (κ1) is 14.5. The van der Waals surface area contributed by atoms with Crippen molar-refractivity contribution in [2.75, 3.05) is 11.4 Å². The SMILES string of the molecule is CCC1C(=O)N(CC)c2ccccc2N=C1c1ccccc1. The van der Waals surface area contributed by atoms with Crippen molar-refractivity contribution in [3.8, 4) is 0 Å². The molecule has 0 aliphatic carbocycles.